The second-order valence-electron chi connectivity index (χ2n) is 3.74. The van der Waals surface area contributed by atoms with Crippen LogP contribution in [0, 0.1) is 5.41 Å². The summed E-state index contributed by atoms with van der Waals surface area (Å²) in [4.78, 5) is 0. The smallest absolute Gasteiger partial charge is 0.0229 e. The van der Waals surface area contributed by atoms with Crippen molar-refractivity contribution < 1.29 is 0 Å². The first-order valence-corrected chi connectivity index (χ1v) is 4.52. The lowest BCUT2D eigenvalue weighted by molar-refractivity contribution is 0.432. The number of hydrogen-bond acceptors (Lipinski definition) is 1. The summed E-state index contributed by atoms with van der Waals surface area (Å²) in [5.41, 5.74) is 1.69. The summed E-state index contributed by atoms with van der Waals surface area (Å²) in [5, 5.41) is 3.27. The van der Waals surface area contributed by atoms with Gasteiger partial charge in [-0.15, -0.1) is 0 Å². The van der Waals surface area contributed by atoms with Gasteiger partial charge in [0, 0.05) is 12.0 Å². The third kappa shape index (κ3) is 3.61. The van der Waals surface area contributed by atoms with Crippen molar-refractivity contribution in [2.45, 2.75) is 34.6 Å². The molecule has 1 nitrogen and oxygen atoms in total. The molecule has 0 atom stereocenters. The molecule has 0 aliphatic rings. The van der Waals surface area contributed by atoms with Crippen molar-refractivity contribution in [3.8, 4) is 0 Å². The standard InChI is InChI=1S/C11H21N/c1-6-8-12-9-11(4,5)10(3)7-2/h6-8,12H,9H2,1-5H3/b8-6-,10-7+. The van der Waals surface area contributed by atoms with Gasteiger partial charge in [0.25, 0.3) is 0 Å². The van der Waals surface area contributed by atoms with Crippen LogP contribution in [0.1, 0.15) is 34.6 Å². The van der Waals surface area contributed by atoms with Gasteiger partial charge in [0.2, 0.25) is 0 Å². The molecule has 0 saturated carbocycles. The van der Waals surface area contributed by atoms with Crippen LogP contribution in [0.25, 0.3) is 0 Å². The van der Waals surface area contributed by atoms with Gasteiger partial charge in [0.15, 0.2) is 0 Å². The van der Waals surface area contributed by atoms with Gasteiger partial charge >= 0.3 is 0 Å². The zero-order valence-electron chi connectivity index (χ0n) is 8.94. The van der Waals surface area contributed by atoms with E-state index in [4.69, 9.17) is 0 Å². The third-order valence-corrected chi connectivity index (χ3v) is 2.33. The van der Waals surface area contributed by atoms with Crippen molar-refractivity contribution in [2.75, 3.05) is 6.54 Å². The molecule has 0 amide bonds. The van der Waals surface area contributed by atoms with E-state index in [1.807, 2.05) is 19.2 Å². The third-order valence-electron chi connectivity index (χ3n) is 2.33. The maximum Gasteiger partial charge on any atom is 0.0229 e. The highest BCUT2D eigenvalue weighted by atomic mass is 14.8. The molecule has 0 aromatic rings. The Kier molecular flexibility index (Phi) is 4.72. The largest absolute Gasteiger partial charge is 0.390 e. The molecule has 0 heterocycles. The molecule has 0 saturated heterocycles. The van der Waals surface area contributed by atoms with E-state index in [9.17, 15) is 0 Å². The Hall–Kier alpha value is -0.720. The van der Waals surface area contributed by atoms with E-state index in [1.165, 1.54) is 5.57 Å². The molecule has 0 unspecified atom stereocenters. The fourth-order valence-corrected chi connectivity index (χ4v) is 0.962. The lowest BCUT2D eigenvalue weighted by Crippen LogP contribution is -2.27. The van der Waals surface area contributed by atoms with E-state index < -0.39 is 0 Å². The zero-order chi connectivity index (χ0) is 9.61. The molecular weight excluding hydrogens is 146 g/mol. The van der Waals surface area contributed by atoms with Gasteiger partial charge in [0.1, 0.15) is 0 Å². The Morgan fingerprint density at radius 3 is 2.33 bits per heavy atom. The topological polar surface area (TPSA) is 12.0 Å². The van der Waals surface area contributed by atoms with E-state index in [1.54, 1.807) is 0 Å². The summed E-state index contributed by atoms with van der Waals surface area (Å²) in [6, 6.07) is 0. The van der Waals surface area contributed by atoms with Crippen molar-refractivity contribution >= 4 is 0 Å². The Bertz CT molecular complexity index is 175. The predicted octanol–water partition coefficient (Wildman–Crippen LogP) is 3.10. The molecule has 0 fully saturated rings. The number of allylic oxidation sites excluding steroid dienone is 2. The Labute approximate surface area is 76.6 Å². The summed E-state index contributed by atoms with van der Waals surface area (Å²) in [5.74, 6) is 0. The minimum Gasteiger partial charge on any atom is -0.390 e. The second-order valence-corrected chi connectivity index (χ2v) is 3.74. The zero-order valence-corrected chi connectivity index (χ0v) is 8.94. The van der Waals surface area contributed by atoms with Gasteiger partial charge in [-0.05, 0) is 27.0 Å². The summed E-state index contributed by atoms with van der Waals surface area (Å²) in [6.07, 6.45) is 6.18. The quantitative estimate of drug-likeness (QED) is 0.634. The molecule has 0 aromatic carbocycles. The summed E-state index contributed by atoms with van der Waals surface area (Å²) < 4.78 is 0. The SMILES string of the molecule is C/C=C\NCC(C)(C)/C(C)=C/C. The normalized spacial score (nSPS) is 13.9. The maximum absolute atomic E-state index is 3.27. The molecule has 0 aliphatic heterocycles. The van der Waals surface area contributed by atoms with E-state index >= 15 is 0 Å². The van der Waals surface area contributed by atoms with Crippen molar-refractivity contribution in [1.82, 2.24) is 5.32 Å². The number of rotatable bonds is 4. The van der Waals surface area contributed by atoms with Crippen molar-refractivity contribution in [1.29, 1.82) is 0 Å². The van der Waals surface area contributed by atoms with Crippen LogP contribution in [0.4, 0.5) is 0 Å². The predicted molar refractivity (Wildman–Crippen MR) is 56.0 cm³/mol. The summed E-state index contributed by atoms with van der Waals surface area (Å²) >= 11 is 0. The van der Waals surface area contributed by atoms with Gasteiger partial charge in [-0.3, -0.25) is 0 Å². The molecule has 0 radical (unpaired) electrons. The van der Waals surface area contributed by atoms with Crippen LogP contribution >= 0.6 is 0 Å². The molecule has 70 valence electrons. The average Bonchev–Trinajstić information content (AvgIpc) is 2.03. The highest BCUT2D eigenvalue weighted by molar-refractivity contribution is 5.08. The first kappa shape index (κ1) is 11.3. The average molecular weight is 167 g/mol. The Morgan fingerprint density at radius 1 is 1.33 bits per heavy atom. The van der Waals surface area contributed by atoms with E-state index in [-0.39, 0.29) is 5.41 Å². The molecule has 0 aromatic heterocycles. The van der Waals surface area contributed by atoms with Crippen LogP contribution < -0.4 is 5.32 Å². The lowest BCUT2D eigenvalue weighted by atomic mass is 9.85. The first-order chi connectivity index (χ1) is 5.54. The van der Waals surface area contributed by atoms with Gasteiger partial charge in [-0.2, -0.15) is 0 Å². The molecule has 0 rings (SSSR count). The van der Waals surface area contributed by atoms with E-state index in [0.29, 0.717) is 0 Å². The monoisotopic (exact) mass is 167 g/mol. The molecule has 1 heteroatoms. The first-order valence-electron chi connectivity index (χ1n) is 4.52. The van der Waals surface area contributed by atoms with Crippen LogP contribution in [-0.2, 0) is 0 Å². The maximum atomic E-state index is 3.27. The fraction of sp³-hybridized carbons (Fsp3) is 0.636. The van der Waals surface area contributed by atoms with Crippen molar-refractivity contribution in [2.24, 2.45) is 5.41 Å². The van der Waals surface area contributed by atoms with Crippen molar-refractivity contribution in [3.05, 3.63) is 23.9 Å². The summed E-state index contributed by atoms with van der Waals surface area (Å²) in [6.45, 7) is 11.8. The molecule has 12 heavy (non-hydrogen) atoms. The van der Waals surface area contributed by atoms with Crippen LogP contribution in [0.5, 0.6) is 0 Å². The molecule has 1 N–H and O–H groups in total. The number of nitrogens with one attached hydrogen (secondary N) is 1. The van der Waals surface area contributed by atoms with E-state index in [2.05, 4.69) is 39.1 Å². The Balaban J connectivity index is 4.04. The van der Waals surface area contributed by atoms with Crippen molar-refractivity contribution in [3.63, 3.8) is 0 Å². The minimum absolute atomic E-state index is 0.258. The molecule has 0 spiro atoms. The Morgan fingerprint density at radius 2 is 1.92 bits per heavy atom. The number of hydrogen-bond donors (Lipinski definition) is 1. The highest BCUT2D eigenvalue weighted by Crippen LogP contribution is 2.24. The lowest BCUT2D eigenvalue weighted by Gasteiger charge is -2.25. The van der Waals surface area contributed by atoms with Gasteiger partial charge in [0.05, 0.1) is 0 Å². The van der Waals surface area contributed by atoms with Crippen LogP contribution in [0.3, 0.4) is 0 Å². The highest BCUT2D eigenvalue weighted by Gasteiger charge is 2.17. The second kappa shape index (κ2) is 5.02. The van der Waals surface area contributed by atoms with Crippen LogP contribution in [0.2, 0.25) is 0 Å². The van der Waals surface area contributed by atoms with E-state index in [0.717, 1.165) is 6.54 Å². The summed E-state index contributed by atoms with van der Waals surface area (Å²) in [7, 11) is 0. The molecule has 0 aliphatic carbocycles. The van der Waals surface area contributed by atoms with Gasteiger partial charge in [-0.25, -0.2) is 0 Å². The van der Waals surface area contributed by atoms with Crippen LogP contribution in [-0.4, -0.2) is 6.54 Å². The van der Waals surface area contributed by atoms with Gasteiger partial charge < -0.3 is 5.32 Å². The molecule has 0 bridgehead atoms. The van der Waals surface area contributed by atoms with Crippen LogP contribution in [0.15, 0.2) is 23.9 Å². The minimum atomic E-state index is 0.258. The molecular formula is C11H21N. The fourth-order valence-electron chi connectivity index (χ4n) is 0.962. The van der Waals surface area contributed by atoms with Gasteiger partial charge in [-0.1, -0.05) is 31.6 Å².